The fraction of sp³-hybridized carbons (Fsp3) is 0. The summed E-state index contributed by atoms with van der Waals surface area (Å²) in [6.45, 7) is 0. The van der Waals surface area contributed by atoms with Crippen molar-refractivity contribution in [1.29, 1.82) is 0 Å². The third kappa shape index (κ3) is 3.67. The van der Waals surface area contributed by atoms with Crippen molar-refractivity contribution in [2.45, 2.75) is 0 Å². The SMILES string of the molecule is NC(=O)C=Cc1ccc(F)c(Oc2ccccc2)c1. The van der Waals surface area contributed by atoms with Gasteiger partial charge in [0.25, 0.3) is 0 Å². The minimum absolute atomic E-state index is 0.0952. The highest BCUT2D eigenvalue weighted by atomic mass is 19.1. The van der Waals surface area contributed by atoms with Crippen LogP contribution in [0.4, 0.5) is 4.39 Å². The first kappa shape index (κ1) is 12.8. The van der Waals surface area contributed by atoms with E-state index in [1.807, 2.05) is 6.07 Å². The van der Waals surface area contributed by atoms with Crippen molar-refractivity contribution < 1.29 is 13.9 Å². The highest BCUT2D eigenvalue weighted by molar-refractivity contribution is 5.90. The van der Waals surface area contributed by atoms with Crippen molar-refractivity contribution in [3.63, 3.8) is 0 Å². The number of hydrogen-bond acceptors (Lipinski definition) is 2. The molecular weight excluding hydrogens is 245 g/mol. The lowest BCUT2D eigenvalue weighted by Crippen LogP contribution is -2.05. The summed E-state index contributed by atoms with van der Waals surface area (Å²) in [4.78, 5) is 10.6. The van der Waals surface area contributed by atoms with Crippen LogP contribution in [-0.2, 0) is 4.79 Å². The Bertz CT molecular complexity index is 609. The van der Waals surface area contributed by atoms with Gasteiger partial charge in [0, 0.05) is 6.08 Å². The van der Waals surface area contributed by atoms with E-state index in [0.29, 0.717) is 11.3 Å². The van der Waals surface area contributed by atoms with Crippen LogP contribution in [0.5, 0.6) is 11.5 Å². The first-order valence-corrected chi connectivity index (χ1v) is 5.65. The summed E-state index contributed by atoms with van der Waals surface area (Å²) in [5.74, 6) is -0.398. The van der Waals surface area contributed by atoms with E-state index in [0.717, 1.165) is 0 Å². The van der Waals surface area contributed by atoms with Crippen molar-refractivity contribution in [3.8, 4) is 11.5 Å². The van der Waals surface area contributed by atoms with Gasteiger partial charge in [0.1, 0.15) is 5.75 Å². The fourth-order valence-electron chi connectivity index (χ4n) is 1.50. The molecule has 0 spiro atoms. The van der Waals surface area contributed by atoms with Crippen molar-refractivity contribution in [3.05, 3.63) is 66.0 Å². The lowest BCUT2D eigenvalue weighted by molar-refractivity contribution is -0.113. The van der Waals surface area contributed by atoms with Gasteiger partial charge in [-0.25, -0.2) is 4.39 Å². The van der Waals surface area contributed by atoms with Crippen LogP contribution in [0.1, 0.15) is 5.56 Å². The number of ether oxygens (including phenoxy) is 1. The van der Waals surface area contributed by atoms with Crippen LogP contribution >= 0.6 is 0 Å². The molecule has 3 nitrogen and oxygen atoms in total. The quantitative estimate of drug-likeness (QED) is 0.855. The van der Waals surface area contributed by atoms with Crippen LogP contribution in [0.3, 0.4) is 0 Å². The third-order valence-corrected chi connectivity index (χ3v) is 2.37. The topological polar surface area (TPSA) is 52.3 Å². The maximum atomic E-state index is 13.6. The Morgan fingerprint density at radius 3 is 2.58 bits per heavy atom. The van der Waals surface area contributed by atoms with Crippen molar-refractivity contribution in [2.24, 2.45) is 5.73 Å². The second kappa shape index (κ2) is 5.82. The number of para-hydroxylation sites is 1. The van der Waals surface area contributed by atoms with Gasteiger partial charge in [0.2, 0.25) is 5.91 Å². The Balaban J connectivity index is 2.25. The minimum Gasteiger partial charge on any atom is -0.454 e. The fourth-order valence-corrected chi connectivity index (χ4v) is 1.50. The summed E-state index contributed by atoms with van der Waals surface area (Å²) in [7, 11) is 0. The molecule has 19 heavy (non-hydrogen) atoms. The maximum absolute atomic E-state index is 13.6. The lowest BCUT2D eigenvalue weighted by Gasteiger charge is -2.07. The molecule has 0 unspecified atom stereocenters. The van der Waals surface area contributed by atoms with Gasteiger partial charge in [-0.1, -0.05) is 24.3 Å². The van der Waals surface area contributed by atoms with Gasteiger partial charge in [-0.05, 0) is 35.9 Å². The van der Waals surface area contributed by atoms with Crippen LogP contribution in [-0.4, -0.2) is 5.91 Å². The molecule has 2 N–H and O–H groups in total. The van der Waals surface area contributed by atoms with E-state index in [9.17, 15) is 9.18 Å². The molecule has 0 aliphatic carbocycles. The van der Waals surface area contributed by atoms with Gasteiger partial charge in [-0.15, -0.1) is 0 Å². The molecule has 0 saturated heterocycles. The third-order valence-electron chi connectivity index (χ3n) is 2.37. The molecule has 4 heteroatoms. The van der Waals surface area contributed by atoms with Crippen LogP contribution in [0, 0.1) is 5.82 Å². The molecule has 0 aliphatic heterocycles. The number of carbonyl (C=O) groups excluding carboxylic acids is 1. The van der Waals surface area contributed by atoms with Gasteiger partial charge < -0.3 is 10.5 Å². The van der Waals surface area contributed by atoms with E-state index in [4.69, 9.17) is 10.5 Å². The highest BCUT2D eigenvalue weighted by Gasteiger charge is 2.05. The largest absolute Gasteiger partial charge is 0.454 e. The smallest absolute Gasteiger partial charge is 0.241 e. The van der Waals surface area contributed by atoms with Gasteiger partial charge in [-0.3, -0.25) is 4.79 Å². The highest BCUT2D eigenvalue weighted by Crippen LogP contribution is 2.25. The second-order valence-corrected chi connectivity index (χ2v) is 3.84. The summed E-state index contributed by atoms with van der Waals surface area (Å²) in [5, 5.41) is 0. The molecule has 0 aliphatic rings. The maximum Gasteiger partial charge on any atom is 0.241 e. The van der Waals surface area contributed by atoms with Gasteiger partial charge in [-0.2, -0.15) is 0 Å². The second-order valence-electron chi connectivity index (χ2n) is 3.84. The Hall–Kier alpha value is -2.62. The van der Waals surface area contributed by atoms with E-state index >= 15 is 0 Å². The number of primary amides is 1. The summed E-state index contributed by atoms with van der Waals surface area (Å²) >= 11 is 0. The average Bonchev–Trinajstić information content (AvgIpc) is 2.41. The molecule has 0 radical (unpaired) electrons. The van der Waals surface area contributed by atoms with E-state index in [2.05, 4.69) is 0 Å². The van der Waals surface area contributed by atoms with E-state index in [1.54, 1.807) is 24.3 Å². The number of hydrogen-bond donors (Lipinski definition) is 1. The Kier molecular flexibility index (Phi) is 3.93. The molecule has 2 rings (SSSR count). The normalized spacial score (nSPS) is 10.6. The number of rotatable bonds is 4. The molecule has 96 valence electrons. The van der Waals surface area contributed by atoms with Crippen LogP contribution in [0.15, 0.2) is 54.6 Å². The van der Waals surface area contributed by atoms with E-state index in [1.165, 1.54) is 30.4 Å². The first-order valence-electron chi connectivity index (χ1n) is 5.65. The number of carbonyl (C=O) groups is 1. The predicted molar refractivity (Wildman–Crippen MR) is 71.1 cm³/mol. The Morgan fingerprint density at radius 2 is 1.89 bits per heavy atom. The zero-order chi connectivity index (χ0) is 13.7. The molecular formula is C15H12FNO2. The molecule has 0 fully saturated rings. The summed E-state index contributed by atoms with van der Waals surface area (Å²) < 4.78 is 19.0. The molecule has 2 aromatic rings. The molecule has 0 aromatic heterocycles. The van der Waals surface area contributed by atoms with Gasteiger partial charge in [0.05, 0.1) is 0 Å². The van der Waals surface area contributed by atoms with Crippen molar-refractivity contribution in [1.82, 2.24) is 0 Å². The van der Waals surface area contributed by atoms with Crippen LogP contribution in [0.25, 0.3) is 6.08 Å². The first-order chi connectivity index (χ1) is 9.15. The Morgan fingerprint density at radius 1 is 1.16 bits per heavy atom. The molecule has 0 atom stereocenters. The summed E-state index contributed by atoms with van der Waals surface area (Å²) in [6, 6.07) is 13.2. The molecule has 1 amide bonds. The zero-order valence-corrected chi connectivity index (χ0v) is 10.0. The zero-order valence-electron chi connectivity index (χ0n) is 10.0. The summed E-state index contributed by atoms with van der Waals surface area (Å²) in [6.07, 6.45) is 2.71. The average molecular weight is 257 g/mol. The van der Waals surface area contributed by atoms with Crippen molar-refractivity contribution >= 4 is 12.0 Å². The Labute approximate surface area is 110 Å². The van der Waals surface area contributed by atoms with Gasteiger partial charge >= 0.3 is 0 Å². The van der Waals surface area contributed by atoms with Crippen LogP contribution in [0.2, 0.25) is 0 Å². The van der Waals surface area contributed by atoms with Crippen molar-refractivity contribution in [2.75, 3.05) is 0 Å². The number of nitrogens with two attached hydrogens (primary N) is 1. The van der Waals surface area contributed by atoms with Gasteiger partial charge in [0.15, 0.2) is 11.6 Å². The van der Waals surface area contributed by atoms with E-state index < -0.39 is 11.7 Å². The molecule has 0 heterocycles. The number of amides is 1. The number of halogens is 1. The minimum atomic E-state index is -0.560. The standard InChI is InChI=1S/C15H12FNO2/c16-13-8-6-11(7-9-15(17)18)10-14(13)19-12-4-2-1-3-5-12/h1-10H,(H2,17,18). The number of benzene rings is 2. The molecule has 2 aromatic carbocycles. The monoisotopic (exact) mass is 257 g/mol. The molecule has 0 bridgehead atoms. The summed E-state index contributed by atoms with van der Waals surface area (Å²) in [5.41, 5.74) is 5.63. The molecule has 0 saturated carbocycles. The van der Waals surface area contributed by atoms with E-state index in [-0.39, 0.29) is 5.75 Å². The predicted octanol–water partition coefficient (Wildman–Crippen LogP) is 3.12. The van der Waals surface area contributed by atoms with Crippen LogP contribution < -0.4 is 10.5 Å². The lowest BCUT2D eigenvalue weighted by atomic mass is 10.2.